The van der Waals surface area contributed by atoms with E-state index in [0.29, 0.717) is 13.0 Å². The van der Waals surface area contributed by atoms with Crippen LogP contribution < -0.4 is 15.5 Å². The largest absolute Gasteiger partial charge is 0.357 e. The van der Waals surface area contributed by atoms with Crippen molar-refractivity contribution in [3.8, 4) is 0 Å². The van der Waals surface area contributed by atoms with Gasteiger partial charge >= 0.3 is 0 Å². The van der Waals surface area contributed by atoms with Crippen molar-refractivity contribution in [2.45, 2.75) is 52.1 Å². The molecular weight excluding hydrogens is 479 g/mol. The molecule has 1 aromatic rings. The lowest BCUT2D eigenvalue weighted by Gasteiger charge is -2.31. The van der Waals surface area contributed by atoms with Crippen molar-refractivity contribution in [1.29, 1.82) is 0 Å². The fourth-order valence-electron chi connectivity index (χ4n) is 3.85. The maximum absolute atomic E-state index is 11.8. The number of likely N-dealkylation sites (tertiary alicyclic amines) is 1. The van der Waals surface area contributed by atoms with Crippen LogP contribution in [0.2, 0.25) is 0 Å². The smallest absolute Gasteiger partial charge is 0.222 e. The Kier molecular flexibility index (Phi) is 9.45. The predicted molar refractivity (Wildman–Crippen MR) is 129 cm³/mol. The van der Waals surface area contributed by atoms with Gasteiger partial charge in [-0.3, -0.25) is 9.79 Å². The topological polar surface area (TPSA) is 72.9 Å². The van der Waals surface area contributed by atoms with Crippen molar-refractivity contribution in [2.75, 3.05) is 38.1 Å². The molecule has 2 saturated heterocycles. The highest BCUT2D eigenvalue weighted by Crippen LogP contribution is 2.21. The number of carbonyl (C=O) groups excluding carboxylic acids is 1. The lowest BCUT2D eigenvalue weighted by molar-refractivity contribution is -0.129. The maximum Gasteiger partial charge on any atom is 0.222 e. The molecule has 2 aliphatic heterocycles. The number of guanidine groups is 1. The molecule has 29 heavy (non-hydrogen) atoms. The van der Waals surface area contributed by atoms with E-state index < -0.39 is 0 Å². The van der Waals surface area contributed by atoms with Gasteiger partial charge in [0.2, 0.25) is 5.91 Å². The molecule has 2 aliphatic rings. The Morgan fingerprint density at radius 2 is 2.00 bits per heavy atom. The molecule has 0 saturated carbocycles. The number of pyridine rings is 1. The Balaban J connectivity index is 0.00000300. The van der Waals surface area contributed by atoms with Crippen LogP contribution >= 0.6 is 24.0 Å². The zero-order chi connectivity index (χ0) is 19.9. The van der Waals surface area contributed by atoms with E-state index in [0.717, 1.165) is 55.9 Å². The van der Waals surface area contributed by atoms with Gasteiger partial charge in [-0.05, 0) is 36.8 Å². The average Bonchev–Trinajstić information content (AvgIpc) is 3.20. The number of anilines is 1. The normalized spacial score (nSPS) is 20.4. The van der Waals surface area contributed by atoms with Crippen molar-refractivity contribution in [3.05, 3.63) is 23.9 Å². The monoisotopic (exact) mass is 514 g/mol. The fourth-order valence-corrected chi connectivity index (χ4v) is 3.85. The third-order valence-corrected chi connectivity index (χ3v) is 5.78. The summed E-state index contributed by atoms with van der Waals surface area (Å²) in [4.78, 5) is 25.1. The van der Waals surface area contributed by atoms with E-state index >= 15 is 0 Å². The van der Waals surface area contributed by atoms with Crippen molar-refractivity contribution >= 4 is 41.7 Å². The molecule has 162 valence electrons. The molecule has 7 nitrogen and oxygen atoms in total. The highest BCUT2D eigenvalue weighted by molar-refractivity contribution is 14.0. The van der Waals surface area contributed by atoms with Crippen LogP contribution in [-0.4, -0.2) is 61.0 Å². The Labute approximate surface area is 191 Å². The number of nitrogens with zero attached hydrogens (tertiary/aromatic N) is 4. The minimum Gasteiger partial charge on any atom is -0.357 e. The summed E-state index contributed by atoms with van der Waals surface area (Å²) >= 11 is 0. The van der Waals surface area contributed by atoms with Gasteiger partial charge in [0.05, 0.1) is 0 Å². The summed E-state index contributed by atoms with van der Waals surface area (Å²) in [6.07, 6.45) is 5.96. The molecule has 2 fully saturated rings. The zero-order valence-corrected chi connectivity index (χ0v) is 20.2. The third kappa shape index (κ3) is 6.72. The van der Waals surface area contributed by atoms with E-state index in [9.17, 15) is 4.79 Å². The molecule has 3 rings (SSSR count). The van der Waals surface area contributed by atoms with Crippen LogP contribution in [0.1, 0.15) is 45.1 Å². The van der Waals surface area contributed by atoms with Crippen LogP contribution in [0.5, 0.6) is 0 Å². The number of nitrogens with one attached hydrogen (secondary N) is 2. The molecule has 0 aliphatic carbocycles. The summed E-state index contributed by atoms with van der Waals surface area (Å²) in [5.41, 5.74) is 1.13. The van der Waals surface area contributed by atoms with E-state index in [4.69, 9.17) is 0 Å². The van der Waals surface area contributed by atoms with Gasteiger partial charge in [-0.25, -0.2) is 4.98 Å². The van der Waals surface area contributed by atoms with E-state index in [1.165, 1.54) is 12.8 Å². The molecule has 0 aromatic carbocycles. The molecule has 3 heterocycles. The van der Waals surface area contributed by atoms with Crippen molar-refractivity contribution < 1.29 is 4.79 Å². The molecule has 1 unspecified atom stereocenters. The first-order valence-corrected chi connectivity index (χ1v) is 10.5. The van der Waals surface area contributed by atoms with Crippen LogP contribution in [0.4, 0.5) is 5.82 Å². The maximum atomic E-state index is 11.8. The number of piperidine rings is 1. The summed E-state index contributed by atoms with van der Waals surface area (Å²) in [5.74, 6) is 2.89. The highest BCUT2D eigenvalue weighted by Gasteiger charge is 2.25. The van der Waals surface area contributed by atoms with E-state index in [-0.39, 0.29) is 35.9 Å². The predicted octanol–water partition coefficient (Wildman–Crippen LogP) is 2.61. The molecule has 8 heteroatoms. The van der Waals surface area contributed by atoms with Gasteiger partial charge in [-0.15, -0.1) is 24.0 Å². The molecule has 2 N–H and O–H groups in total. The van der Waals surface area contributed by atoms with Gasteiger partial charge in [0.15, 0.2) is 5.96 Å². The minimum absolute atomic E-state index is 0. The van der Waals surface area contributed by atoms with Crippen LogP contribution in [0.25, 0.3) is 0 Å². The van der Waals surface area contributed by atoms with E-state index in [2.05, 4.69) is 44.6 Å². The molecule has 0 spiro atoms. The van der Waals surface area contributed by atoms with Crippen molar-refractivity contribution in [2.24, 2.45) is 10.9 Å². The first-order valence-electron chi connectivity index (χ1n) is 10.5. The van der Waals surface area contributed by atoms with Gasteiger partial charge in [0.1, 0.15) is 5.82 Å². The average molecular weight is 514 g/mol. The van der Waals surface area contributed by atoms with Gasteiger partial charge in [0, 0.05) is 58.4 Å². The van der Waals surface area contributed by atoms with Gasteiger partial charge in [-0.1, -0.05) is 19.9 Å². The highest BCUT2D eigenvalue weighted by atomic mass is 127. The second kappa shape index (κ2) is 11.6. The number of rotatable bonds is 5. The second-order valence-electron chi connectivity index (χ2n) is 7.94. The van der Waals surface area contributed by atoms with Crippen LogP contribution in [0.3, 0.4) is 0 Å². The zero-order valence-electron chi connectivity index (χ0n) is 17.9. The van der Waals surface area contributed by atoms with Crippen molar-refractivity contribution in [3.63, 3.8) is 0 Å². The lowest BCUT2D eigenvalue weighted by atomic mass is 9.99. The number of hydrogen-bond donors (Lipinski definition) is 2. The lowest BCUT2D eigenvalue weighted by Crippen LogP contribution is -2.44. The summed E-state index contributed by atoms with van der Waals surface area (Å²) in [7, 11) is 1.78. The number of hydrogen-bond acceptors (Lipinski definition) is 4. The van der Waals surface area contributed by atoms with Crippen LogP contribution in [0, 0.1) is 5.92 Å². The molecule has 1 amide bonds. The molecule has 0 radical (unpaired) electrons. The summed E-state index contributed by atoms with van der Waals surface area (Å²) in [6, 6.07) is 4.51. The second-order valence-corrected chi connectivity index (χ2v) is 7.94. The minimum atomic E-state index is 0. The van der Waals surface area contributed by atoms with Crippen LogP contribution in [0.15, 0.2) is 23.3 Å². The molecule has 1 aromatic heterocycles. The summed E-state index contributed by atoms with van der Waals surface area (Å²) < 4.78 is 0. The first-order chi connectivity index (χ1) is 13.6. The number of aromatic nitrogens is 1. The summed E-state index contributed by atoms with van der Waals surface area (Å²) in [5, 5.41) is 6.79. The quantitative estimate of drug-likeness (QED) is 0.359. The van der Waals surface area contributed by atoms with E-state index in [1.54, 1.807) is 7.05 Å². The fraction of sp³-hybridized carbons (Fsp3) is 0.667. The van der Waals surface area contributed by atoms with Gasteiger partial charge in [0.25, 0.3) is 0 Å². The first kappa shape index (κ1) is 23.7. The Morgan fingerprint density at radius 1 is 1.24 bits per heavy atom. The van der Waals surface area contributed by atoms with E-state index in [1.807, 2.05) is 18.0 Å². The summed E-state index contributed by atoms with van der Waals surface area (Å²) in [6.45, 7) is 8.68. The Bertz CT molecular complexity index is 672. The Morgan fingerprint density at radius 3 is 2.62 bits per heavy atom. The number of aliphatic imine (C=N–C) groups is 1. The SMILES string of the molecule is CCC(=O)N1CCC(NC(=NC)NCc2ccc(N3CCC(C)CC3)nc2)C1.I. The van der Waals surface area contributed by atoms with Gasteiger partial charge in [-0.2, -0.15) is 0 Å². The number of carbonyl (C=O) groups is 1. The standard InChI is InChI=1S/C21H34N6O.HI/c1-4-20(28)27-12-9-18(15-27)25-21(22-3)24-14-17-5-6-19(23-13-17)26-10-7-16(2)8-11-26;/h5-6,13,16,18H,4,7-12,14-15H2,1-3H3,(H2,22,24,25);1H. The molecule has 0 bridgehead atoms. The van der Waals surface area contributed by atoms with Crippen LogP contribution in [-0.2, 0) is 11.3 Å². The van der Waals surface area contributed by atoms with Gasteiger partial charge < -0.3 is 20.4 Å². The number of amides is 1. The Hall–Kier alpha value is -1.58. The molecule has 1 atom stereocenters. The third-order valence-electron chi connectivity index (χ3n) is 5.78. The number of halogens is 1. The van der Waals surface area contributed by atoms with Crippen molar-refractivity contribution in [1.82, 2.24) is 20.5 Å². The molecular formula is C21H35IN6O.